The molecule has 0 radical (unpaired) electrons. The van der Waals surface area contributed by atoms with Gasteiger partial charge in [-0.15, -0.1) is 0 Å². The predicted molar refractivity (Wildman–Crippen MR) is 108 cm³/mol. The summed E-state index contributed by atoms with van der Waals surface area (Å²) in [6, 6.07) is 10.2. The van der Waals surface area contributed by atoms with E-state index in [-0.39, 0.29) is 33.6 Å². The van der Waals surface area contributed by atoms with Gasteiger partial charge < -0.3 is 10.1 Å². The van der Waals surface area contributed by atoms with Crippen LogP contribution in [-0.4, -0.2) is 44.9 Å². The van der Waals surface area contributed by atoms with Crippen molar-refractivity contribution < 1.29 is 17.9 Å². The highest BCUT2D eigenvalue weighted by molar-refractivity contribution is 7.89. The van der Waals surface area contributed by atoms with E-state index in [1.54, 1.807) is 0 Å². The number of ether oxygens (including phenoxy) is 1. The molecule has 1 saturated heterocycles. The molecule has 0 unspecified atom stereocenters. The van der Waals surface area contributed by atoms with E-state index in [1.165, 1.54) is 16.4 Å². The SMILES string of the molecule is Cc1ccccc1CNC(=O)c1cc(S(=O)(=O)N2CCOCC2)c(Cl)cc1Cl. The van der Waals surface area contributed by atoms with Gasteiger partial charge in [0.05, 0.1) is 28.8 Å². The fourth-order valence-electron chi connectivity index (χ4n) is 2.91. The highest BCUT2D eigenvalue weighted by Gasteiger charge is 2.30. The van der Waals surface area contributed by atoms with Crippen molar-refractivity contribution in [2.45, 2.75) is 18.4 Å². The average molecular weight is 443 g/mol. The number of carbonyl (C=O) groups excluding carboxylic acids is 1. The Morgan fingerprint density at radius 3 is 2.50 bits per heavy atom. The van der Waals surface area contributed by atoms with Gasteiger partial charge >= 0.3 is 0 Å². The number of carbonyl (C=O) groups is 1. The zero-order valence-corrected chi connectivity index (χ0v) is 17.6. The lowest BCUT2D eigenvalue weighted by Gasteiger charge is -2.26. The second-order valence-corrected chi connectivity index (χ2v) is 9.11. The Morgan fingerprint density at radius 1 is 1.14 bits per heavy atom. The van der Waals surface area contributed by atoms with Crippen LogP contribution in [0.5, 0.6) is 0 Å². The molecule has 1 amide bonds. The van der Waals surface area contributed by atoms with Crippen LogP contribution in [0.4, 0.5) is 0 Å². The molecule has 0 saturated carbocycles. The molecule has 2 aromatic carbocycles. The molecule has 1 heterocycles. The molecule has 2 aromatic rings. The van der Waals surface area contributed by atoms with Crippen molar-refractivity contribution >= 4 is 39.1 Å². The molecule has 150 valence electrons. The van der Waals surface area contributed by atoms with E-state index >= 15 is 0 Å². The van der Waals surface area contributed by atoms with Crippen molar-refractivity contribution in [3.63, 3.8) is 0 Å². The number of nitrogens with one attached hydrogen (secondary N) is 1. The van der Waals surface area contributed by atoms with Crippen molar-refractivity contribution in [3.8, 4) is 0 Å². The van der Waals surface area contributed by atoms with Crippen LogP contribution >= 0.6 is 23.2 Å². The van der Waals surface area contributed by atoms with Gasteiger partial charge in [-0.1, -0.05) is 47.5 Å². The first kappa shape index (κ1) is 21.1. The quantitative estimate of drug-likeness (QED) is 0.770. The number of amides is 1. The molecular weight excluding hydrogens is 423 g/mol. The zero-order chi connectivity index (χ0) is 20.3. The molecule has 1 aliphatic rings. The Hall–Kier alpha value is -1.64. The van der Waals surface area contributed by atoms with E-state index in [0.717, 1.165) is 11.1 Å². The van der Waals surface area contributed by atoms with Crippen LogP contribution < -0.4 is 5.32 Å². The lowest BCUT2D eigenvalue weighted by atomic mass is 10.1. The normalized spacial score (nSPS) is 15.4. The van der Waals surface area contributed by atoms with E-state index in [0.29, 0.717) is 19.8 Å². The van der Waals surface area contributed by atoms with Gasteiger partial charge in [0.1, 0.15) is 4.90 Å². The third-order valence-corrected chi connectivity index (χ3v) is 7.23. The monoisotopic (exact) mass is 442 g/mol. The maximum absolute atomic E-state index is 12.9. The van der Waals surface area contributed by atoms with E-state index in [4.69, 9.17) is 27.9 Å². The van der Waals surface area contributed by atoms with Crippen molar-refractivity contribution in [2.75, 3.05) is 26.3 Å². The first-order valence-electron chi connectivity index (χ1n) is 8.70. The van der Waals surface area contributed by atoms with Crippen LogP contribution in [0.1, 0.15) is 21.5 Å². The van der Waals surface area contributed by atoms with Crippen LogP contribution in [0.2, 0.25) is 10.0 Å². The summed E-state index contributed by atoms with van der Waals surface area (Å²) in [5.41, 5.74) is 2.06. The first-order chi connectivity index (χ1) is 13.3. The third kappa shape index (κ3) is 4.50. The largest absolute Gasteiger partial charge is 0.379 e. The maximum atomic E-state index is 12.9. The molecule has 6 nitrogen and oxygen atoms in total. The minimum atomic E-state index is -3.86. The molecule has 1 N–H and O–H groups in total. The zero-order valence-electron chi connectivity index (χ0n) is 15.2. The van der Waals surface area contributed by atoms with Crippen LogP contribution in [0, 0.1) is 6.92 Å². The van der Waals surface area contributed by atoms with E-state index in [9.17, 15) is 13.2 Å². The lowest BCUT2D eigenvalue weighted by Crippen LogP contribution is -2.40. The number of nitrogens with zero attached hydrogens (tertiary/aromatic N) is 1. The summed E-state index contributed by atoms with van der Waals surface area (Å²) in [6.45, 7) is 3.34. The van der Waals surface area contributed by atoms with Gasteiger partial charge in [-0.05, 0) is 30.2 Å². The number of benzene rings is 2. The summed E-state index contributed by atoms with van der Waals surface area (Å²) in [4.78, 5) is 12.5. The summed E-state index contributed by atoms with van der Waals surface area (Å²) in [5, 5.41) is 2.85. The minimum absolute atomic E-state index is 0.0213. The molecule has 1 aliphatic heterocycles. The van der Waals surface area contributed by atoms with E-state index in [1.807, 2.05) is 31.2 Å². The number of sulfonamides is 1. The number of halogens is 2. The van der Waals surface area contributed by atoms with Crippen molar-refractivity contribution in [3.05, 3.63) is 63.1 Å². The Kier molecular flexibility index (Phi) is 6.62. The molecule has 3 rings (SSSR count). The first-order valence-corrected chi connectivity index (χ1v) is 10.9. The molecule has 28 heavy (non-hydrogen) atoms. The highest BCUT2D eigenvalue weighted by Crippen LogP contribution is 2.31. The maximum Gasteiger partial charge on any atom is 0.253 e. The van der Waals surface area contributed by atoms with Gasteiger partial charge in [0.2, 0.25) is 10.0 Å². The van der Waals surface area contributed by atoms with Crippen molar-refractivity contribution in [2.24, 2.45) is 0 Å². The second-order valence-electron chi connectivity index (χ2n) is 6.39. The smallest absolute Gasteiger partial charge is 0.253 e. The third-order valence-electron chi connectivity index (χ3n) is 4.55. The van der Waals surface area contributed by atoms with Gasteiger partial charge in [-0.3, -0.25) is 4.79 Å². The van der Waals surface area contributed by atoms with Gasteiger partial charge in [0, 0.05) is 19.6 Å². The summed E-state index contributed by atoms with van der Waals surface area (Å²) < 4.78 is 32.4. The summed E-state index contributed by atoms with van der Waals surface area (Å²) in [6.07, 6.45) is 0. The second kappa shape index (κ2) is 8.80. The molecule has 1 fully saturated rings. The Labute approximate surface area is 174 Å². The van der Waals surface area contributed by atoms with Crippen LogP contribution in [-0.2, 0) is 21.3 Å². The summed E-state index contributed by atoms with van der Waals surface area (Å²) in [5.74, 6) is -0.469. The number of morpholine rings is 1. The summed E-state index contributed by atoms with van der Waals surface area (Å²) >= 11 is 12.3. The number of aryl methyl sites for hydroxylation is 1. The van der Waals surface area contributed by atoms with Crippen molar-refractivity contribution in [1.29, 1.82) is 0 Å². The van der Waals surface area contributed by atoms with Crippen molar-refractivity contribution in [1.82, 2.24) is 9.62 Å². The Balaban J connectivity index is 1.86. The summed E-state index contributed by atoms with van der Waals surface area (Å²) in [7, 11) is -3.86. The fraction of sp³-hybridized carbons (Fsp3) is 0.316. The molecule has 0 aliphatic carbocycles. The number of rotatable bonds is 5. The van der Waals surface area contributed by atoms with Gasteiger partial charge in [-0.25, -0.2) is 8.42 Å². The molecule has 0 spiro atoms. The topological polar surface area (TPSA) is 75.7 Å². The molecule has 0 atom stereocenters. The van der Waals surface area contributed by atoms with Crippen LogP contribution in [0.15, 0.2) is 41.3 Å². The van der Waals surface area contributed by atoms with Crippen LogP contribution in [0.3, 0.4) is 0 Å². The Morgan fingerprint density at radius 2 is 1.82 bits per heavy atom. The molecule has 0 bridgehead atoms. The molecule has 9 heteroatoms. The van der Waals surface area contributed by atoms with Gasteiger partial charge in [0.15, 0.2) is 0 Å². The predicted octanol–water partition coefficient (Wildman–Crippen LogP) is 3.25. The van der Waals surface area contributed by atoms with Gasteiger partial charge in [0.25, 0.3) is 5.91 Å². The molecular formula is C19H20Cl2N2O4S. The van der Waals surface area contributed by atoms with E-state index in [2.05, 4.69) is 5.32 Å². The highest BCUT2D eigenvalue weighted by atomic mass is 35.5. The van der Waals surface area contributed by atoms with Gasteiger partial charge in [-0.2, -0.15) is 4.31 Å². The molecule has 0 aromatic heterocycles. The number of hydrogen-bond acceptors (Lipinski definition) is 4. The lowest BCUT2D eigenvalue weighted by molar-refractivity contribution is 0.0730. The fourth-order valence-corrected chi connectivity index (χ4v) is 5.15. The number of hydrogen-bond donors (Lipinski definition) is 1. The minimum Gasteiger partial charge on any atom is -0.379 e. The Bertz CT molecular complexity index is 989. The average Bonchev–Trinajstić information content (AvgIpc) is 2.67. The van der Waals surface area contributed by atoms with E-state index < -0.39 is 15.9 Å². The van der Waals surface area contributed by atoms with Crippen LogP contribution in [0.25, 0.3) is 0 Å². The standard InChI is InChI=1S/C19H20Cl2N2O4S/c1-13-4-2-3-5-14(13)12-22-19(24)15-10-18(17(21)11-16(15)20)28(25,26)23-6-8-27-9-7-23/h2-5,10-11H,6-9,12H2,1H3,(H,22,24).